The highest BCUT2D eigenvalue weighted by atomic mass is 14.9. The van der Waals surface area contributed by atoms with E-state index in [9.17, 15) is 0 Å². The van der Waals surface area contributed by atoms with Crippen LogP contribution in [-0.2, 0) is 0 Å². The van der Waals surface area contributed by atoms with Crippen LogP contribution < -0.4 is 5.32 Å². The molecule has 1 aliphatic rings. The van der Waals surface area contributed by atoms with E-state index in [2.05, 4.69) is 19.2 Å². The second-order valence-corrected chi connectivity index (χ2v) is 3.85. The summed E-state index contributed by atoms with van der Waals surface area (Å²) >= 11 is 0. The van der Waals surface area contributed by atoms with Gasteiger partial charge in [-0.25, -0.2) is 0 Å². The molecule has 0 bridgehead atoms. The summed E-state index contributed by atoms with van der Waals surface area (Å²) in [6, 6.07) is 0.717. The molecule has 0 aromatic carbocycles. The van der Waals surface area contributed by atoms with Crippen LogP contribution in [0, 0.1) is 5.92 Å². The number of rotatable bonds is 6. The first-order chi connectivity index (χ1) is 5.33. The minimum atomic E-state index is 0.717. The molecule has 0 amide bonds. The van der Waals surface area contributed by atoms with Gasteiger partial charge in [0.25, 0.3) is 0 Å². The molecule has 0 saturated heterocycles. The van der Waals surface area contributed by atoms with Gasteiger partial charge in [0.05, 0.1) is 0 Å². The molecule has 1 aliphatic carbocycles. The first kappa shape index (κ1) is 9.05. The highest BCUT2D eigenvalue weighted by Gasteiger charge is 2.19. The lowest BCUT2D eigenvalue weighted by molar-refractivity contribution is 0.507. The van der Waals surface area contributed by atoms with E-state index in [-0.39, 0.29) is 0 Å². The molecular weight excluding hydrogens is 134 g/mol. The zero-order chi connectivity index (χ0) is 8.10. The fraction of sp³-hybridized carbons (Fsp3) is 1.00. The van der Waals surface area contributed by atoms with Gasteiger partial charge in [0.1, 0.15) is 0 Å². The zero-order valence-electron chi connectivity index (χ0n) is 7.90. The lowest BCUT2D eigenvalue weighted by atomic mass is 10.2. The van der Waals surface area contributed by atoms with Gasteiger partial charge in [-0.3, -0.25) is 0 Å². The summed E-state index contributed by atoms with van der Waals surface area (Å²) < 4.78 is 0. The van der Waals surface area contributed by atoms with Gasteiger partial charge in [0, 0.05) is 6.04 Å². The summed E-state index contributed by atoms with van der Waals surface area (Å²) in [6.07, 6.45) is 7.11. The summed E-state index contributed by atoms with van der Waals surface area (Å²) in [5.41, 5.74) is 0. The molecule has 1 N–H and O–H groups in total. The van der Waals surface area contributed by atoms with Crippen LogP contribution in [0.5, 0.6) is 0 Å². The molecule has 0 aromatic heterocycles. The monoisotopic (exact) mass is 155 g/mol. The fourth-order valence-electron chi connectivity index (χ4n) is 1.29. The molecule has 0 radical (unpaired) electrons. The largest absolute Gasteiger partial charge is 0.314 e. The van der Waals surface area contributed by atoms with Gasteiger partial charge in [0.2, 0.25) is 0 Å². The molecule has 0 spiro atoms. The van der Waals surface area contributed by atoms with Crippen LogP contribution >= 0.6 is 0 Å². The van der Waals surface area contributed by atoms with Crippen molar-refractivity contribution in [3.63, 3.8) is 0 Å². The van der Waals surface area contributed by atoms with Gasteiger partial charge < -0.3 is 5.32 Å². The van der Waals surface area contributed by atoms with Crippen molar-refractivity contribution in [1.29, 1.82) is 0 Å². The highest BCUT2D eigenvalue weighted by Crippen LogP contribution is 2.33. The fourth-order valence-corrected chi connectivity index (χ4v) is 1.29. The van der Waals surface area contributed by atoms with Crippen LogP contribution in [0.15, 0.2) is 0 Å². The quantitative estimate of drug-likeness (QED) is 0.581. The van der Waals surface area contributed by atoms with Crippen LogP contribution in [0.25, 0.3) is 0 Å². The Balaban J connectivity index is 1.79. The summed E-state index contributed by atoms with van der Waals surface area (Å²) in [6.45, 7) is 5.72. The minimum Gasteiger partial charge on any atom is -0.314 e. The first-order valence-electron chi connectivity index (χ1n) is 5.06. The molecule has 1 rings (SSSR count). The van der Waals surface area contributed by atoms with Crippen molar-refractivity contribution in [1.82, 2.24) is 5.32 Å². The average molecular weight is 155 g/mol. The molecule has 1 fully saturated rings. The smallest absolute Gasteiger partial charge is 0.00360 e. The van der Waals surface area contributed by atoms with Crippen LogP contribution in [0.3, 0.4) is 0 Å². The normalized spacial score (nSPS) is 20.2. The second-order valence-electron chi connectivity index (χ2n) is 3.85. The van der Waals surface area contributed by atoms with Crippen molar-refractivity contribution < 1.29 is 0 Å². The Hall–Kier alpha value is -0.0400. The maximum atomic E-state index is 3.52. The lowest BCUT2D eigenvalue weighted by Crippen LogP contribution is -2.26. The predicted octanol–water partition coefficient (Wildman–Crippen LogP) is 2.56. The maximum absolute atomic E-state index is 3.52. The van der Waals surface area contributed by atoms with Crippen molar-refractivity contribution in [3.8, 4) is 0 Å². The van der Waals surface area contributed by atoms with Crippen molar-refractivity contribution in [2.24, 2.45) is 5.92 Å². The van der Waals surface area contributed by atoms with E-state index in [0.717, 1.165) is 5.92 Å². The summed E-state index contributed by atoms with van der Waals surface area (Å²) in [5.74, 6) is 1.11. The Morgan fingerprint density at radius 2 is 2.18 bits per heavy atom. The lowest BCUT2D eigenvalue weighted by Gasteiger charge is -2.10. The topological polar surface area (TPSA) is 12.0 Å². The molecule has 66 valence electrons. The summed E-state index contributed by atoms with van der Waals surface area (Å²) in [4.78, 5) is 0. The first-order valence-corrected chi connectivity index (χ1v) is 5.06. The van der Waals surface area contributed by atoms with Gasteiger partial charge in [-0.1, -0.05) is 19.8 Å². The molecule has 1 heteroatoms. The summed E-state index contributed by atoms with van der Waals surface area (Å²) in [7, 11) is 0. The third-order valence-electron chi connectivity index (χ3n) is 2.59. The standard InChI is InChI=1S/C10H21N/c1-3-9(2)11-8-4-5-10-6-7-10/h9-11H,3-8H2,1-2H3. The number of hydrogen-bond donors (Lipinski definition) is 1. The van der Waals surface area contributed by atoms with E-state index in [1.807, 2.05) is 0 Å². The van der Waals surface area contributed by atoms with E-state index in [4.69, 9.17) is 0 Å². The number of nitrogens with one attached hydrogen (secondary N) is 1. The van der Waals surface area contributed by atoms with Crippen LogP contribution in [-0.4, -0.2) is 12.6 Å². The number of hydrogen-bond acceptors (Lipinski definition) is 1. The minimum absolute atomic E-state index is 0.717. The molecule has 1 unspecified atom stereocenters. The zero-order valence-corrected chi connectivity index (χ0v) is 7.90. The van der Waals surface area contributed by atoms with Gasteiger partial charge in [-0.2, -0.15) is 0 Å². The van der Waals surface area contributed by atoms with Crippen LogP contribution in [0.1, 0.15) is 46.0 Å². The maximum Gasteiger partial charge on any atom is 0.00360 e. The molecule has 0 heterocycles. The Morgan fingerprint density at radius 1 is 1.45 bits per heavy atom. The average Bonchev–Trinajstić information content (AvgIpc) is 2.81. The Labute approximate surface area is 70.6 Å². The van der Waals surface area contributed by atoms with Gasteiger partial charge in [-0.15, -0.1) is 0 Å². The molecule has 1 saturated carbocycles. The van der Waals surface area contributed by atoms with E-state index < -0.39 is 0 Å². The van der Waals surface area contributed by atoms with E-state index in [0.29, 0.717) is 6.04 Å². The molecule has 1 nitrogen and oxygen atoms in total. The molecule has 11 heavy (non-hydrogen) atoms. The Bertz CT molecular complexity index is 97.0. The third kappa shape index (κ3) is 4.41. The Kier molecular flexibility index (Phi) is 3.92. The van der Waals surface area contributed by atoms with Crippen molar-refractivity contribution in [2.75, 3.05) is 6.54 Å². The van der Waals surface area contributed by atoms with Gasteiger partial charge >= 0.3 is 0 Å². The van der Waals surface area contributed by atoms with Crippen molar-refractivity contribution in [3.05, 3.63) is 0 Å². The highest BCUT2D eigenvalue weighted by molar-refractivity contribution is 4.73. The molecule has 1 atom stereocenters. The van der Waals surface area contributed by atoms with E-state index in [1.54, 1.807) is 0 Å². The Morgan fingerprint density at radius 3 is 2.73 bits per heavy atom. The predicted molar refractivity (Wildman–Crippen MR) is 49.7 cm³/mol. The van der Waals surface area contributed by atoms with Crippen LogP contribution in [0.2, 0.25) is 0 Å². The molecule has 0 aromatic rings. The van der Waals surface area contributed by atoms with E-state index in [1.165, 1.54) is 38.6 Å². The van der Waals surface area contributed by atoms with E-state index >= 15 is 0 Å². The summed E-state index contributed by atoms with van der Waals surface area (Å²) in [5, 5.41) is 3.52. The van der Waals surface area contributed by atoms with Crippen LogP contribution in [0.4, 0.5) is 0 Å². The molecule has 0 aliphatic heterocycles. The van der Waals surface area contributed by atoms with Crippen molar-refractivity contribution in [2.45, 2.75) is 52.0 Å². The van der Waals surface area contributed by atoms with Gasteiger partial charge in [-0.05, 0) is 38.6 Å². The van der Waals surface area contributed by atoms with Crippen molar-refractivity contribution >= 4 is 0 Å². The SMILES string of the molecule is CCC(C)NCCCC1CC1. The second kappa shape index (κ2) is 4.76. The molecular formula is C10H21N. The van der Waals surface area contributed by atoms with Gasteiger partial charge in [0.15, 0.2) is 0 Å². The third-order valence-corrected chi connectivity index (χ3v) is 2.59.